The Balaban J connectivity index is 1.19. The van der Waals surface area contributed by atoms with Gasteiger partial charge < -0.3 is 10.6 Å². The van der Waals surface area contributed by atoms with Crippen molar-refractivity contribution in [1.82, 2.24) is 14.7 Å². The predicted molar refractivity (Wildman–Crippen MR) is 167 cm³/mol. The second-order valence-corrected chi connectivity index (χ2v) is 11.8. The third-order valence-electron chi connectivity index (χ3n) is 7.39. The molecule has 0 spiro atoms. The van der Waals surface area contributed by atoms with Gasteiger partial charge in [0.05, 0.1) is 33.5 Å². The van der Waals surface area contributed by atoms with Crippen LogP contribution in [0, 0.1) is 0 Å². The van der Waals surface area contributed by atoms with E-state index < -0.39 is 53.3 Å². The topological polar surface area (TPSA) is 75.5 Å². The number of imidazole rings is 1. The van der Waals surface area contributed by atoms with Crippen molar-refractivity contribution < 1.29 is 35.9 Å². The molecule has 240 valence electrons. The van der Waals surface area contributed by atoms with Gasteiger partial charge in [-0.15, -0.1) is 0 Å². The summed E-state index contributed by atoms with van der Waals surface area (Å²) < 4.78 is 83.1. The van der Waals surface area contributed by atoms with Gasteiger partial charge in [0.15, 0.2) is 4.96 Å². The summed E-state index contributed by atoms with van der Waals surface area (Å²) in [7, 11) is 0. The molecule has 0 bridgehead atoms. The van der Waals surface area contributed by atoms with E-state index in [1.165, 1.54) is 0 Å². The van der Waals surface area contributed by atoms with Crippen molar-refractivity contribution in [3.05, 3.63) is 126 Å². The third kappa shape index (κ3) is 7.30. The Kier molecular flexibility index (Phi) is 8.49. The lowest BCUT2D eigenvalue weighted by molar-refractivity contribution is -0.143. The normalized spacial score (nSPS) is 12.7. The van der Waals surface area contributed by atoms with Crippen LogP contribution in [0.4, 0.5) is 32.0 Å². The summed E-state index contributed by atoms with van der Waals surface area (Å²) in [6, 6.07) is 23.3. The Morgan fingerprint density at radius 1 is 0.787 bits per heavy atom. The minimum Gasteiger partial charge on any atom is -0.344 e. The average Bonchev–Trinajstić information content (AvgIpc) is 3.59. The monoisotopic (exact) mass is 666 g/mol. The van der Waals surface area contributed by atoms with Crippen LogP contribution in [0.25, 0.3) is 26.4 Å². The lowest BCUT2D eigenvalue weighted by Gasteiger charge is -2.19. The summed E-state index contributed by atoms with van der Waals surface area (Å²) in [5.74, 6) is -1.54. The summed E-state index contributed by atoms with van der Waals surface area (Å²) in [5, 5.41) is 5.23. The number of fused-ring (bicyclic) bond motifs is 3. The molecule has 2 amide bonds. The molecular weight excluding hydrogens is 642 g/mol. The molecule has 0 aliphatic heterocycles. The smallest absolute Gasteiger partial charge is 0.344 e. The summed E-state index contributed by atoms with van der Waals surface area (Å²) in [6.07, 6.45) is -8.97. The van der Waals surface area contributed by atoms with Gasteiger partial charge in [0.1, 0.15) is 6.04 Å². The van der Waals surface area contributed by atoms with Crippen LogP contribution in [0.5, 0.6) is 0 Å². The molecule has 13 heteroatoms. The number of hydrogen-bond donors (Lipinski definition) is 2. The number of alkyl halides is 6. The van der Waals surface area contributed by atoms with Gasteiger partial charge in [0, 0.05) is 23.9 Å². The molecule has 4 aromatic carbocycles. The molecule has 6 aromatic rings. The van der Waals surface area contributed by atoms with E-state index >= 15 is 0 Å². The number of thiazole rings is 1. The van der Waals surface area contributed by atoms with E-state index in [2.05, 4.69) is 10.6 Å². The molecule has 2 aromatic heterocycles. The second-order valence-electron chi connectivity index (χ2n) is 10.8. The molecule has 1 atom stereocenters. The summed E-state index contributed by atoms with van der Waals surface area (Å²) in [4.78, 5) is 31.9. The SMILES string of the molecule is O=C(Cc1cc(C(F)(F)F)cc(C(F)(F)F)c1)N[C@@H](Cc1ccccc1)C(=O)Nc1ccc(-c2cn3c(n2)sc2ccccc23)cc1. The quantitative estimate of drug-likeness (QED) is 0.161. The van der Waals surface area contributed by atoms with Crippen LogP contribution in [-0.2, 0) is 34.8 Å². The minimum absolute atomic E-state index is 0.00413. The highest BCUT2D eigenvalue weighted by Gasteiger charge is 2.37. The predicted octanol–water partition coefficient (Wildman–Crippen LogP) is 8.16. The number of amides is 2. The zero-order valence-corrected chi connectivity index (χ0v) is 25.0. The Bertz CT molecular complexity index is 2040. The van der Waals surface area contributed by atoms with Crippen LogP contribution in [0.15, 0.2) is 103 Å². The molecule has 2 N–H and O–H groups in total. The fourth-order valence-electron chi connectivity index (χ4n) is 5.15. The van der Waals surface area contributed by atoms with E-state index in [4.69, 9.17) is 4.98 Å². The summed E-state index contributed by atoms with van der Waals surface area (Å²) in [5.41, 5.74) is 0.108. The number of carbonyl (C=O) groups is 2. The zero-order chi connectivity index (χ0) is 33.3. The van der Waals surface area contributed by atoms with Gasteiger partial charge in [0.25, 0.3) is 0 Å². The van der Waals surface area contributed by atoms with Crippen LogP contribution in [-0.4, -0.2) is 27.2 Å². The molecule has 0 aliphatic carbocycles. The van der Waals surface area contributed by atoms with Gasteiger partial charge in [-0.3, -0.25) is 14.0 Å². The van der Waals surface area contributed by atoms with E-state index in [1.807, 2.05) is 34.9 Å². The molecule has 0 aliphatic rings. The van der Waals surface area contributed by atoms with Crippen LogP contribution >= 0.6 is 11.3 Å². The molecule has 0 saturated heterocycles. The van der Waals surface area contributed by atoms with E-state index in [-0.39, 0.29) is 12.5 Å². The van der Waals surface area contributed by atoms with Crippen molar-refractivity contribution in [3.8, 4) is 11.3 Å². The highest BCUT2D eigenvalue weighted by molar-refractivity contribution is 7.23. The number of nitrogens with one attached hydrogen (secondary N) is 2. The van der Waals surface area contributed by atoms with Crippen LogP contribution in [0.2, 0.25) is 0 Å². The number of anilines is 1. The number of carbonyl (C=O) groups excluding carboxylic acids is 2. The lowest BCUT2D eigenvalue weighted by atomic mass is 10.0. The Morgan fingerprint density at radius 2 is 1.43 bits per heavy atom. The van der Waals surface area contributed by atoms with Crippen molar-refractivity contribution in [2.24, 2.45) is 0 Å². The molecule has 0 saturated carbocycles. The third-order valence-corrected chi connectivity index (χ3v) is 8.43. The maximum absolute atomic E-state index is 13.4. The van der Waals surface area contributed by atoms with Gasteiger partial charge in [-0.05, 0) is 53.6 Å². The van der Waals surface area contributed by atoms with Crippen LogP contribution in [0.1, 0.15) is 22.3 Å². The Morgan fingerprint density at radius 3 is 2.09 bits per heavy atom. The van der Waals surface area contributed by atoms with Gasteiger partial charge >= 0.3 is 12.4 Å². The van der Waals surface area contributed by atoms with E-state index in [9.17, 15) is 35.9 Å². The summed E-state index contributed by atoms with van der Waals surface area (Å²) >= 11 is 1.56. The van der Waals surface area contributed by atoms with Crippen molar-refractivity contribution in [3.63, 3.8) is 0 Å². The number of rotatable bonds is 8. The second kappa shape index (κ2) is 12.6. The molecule has 0 fully saturated rings. The molecule has 2 heterocycles. The molecule has 0 unspecified atom stereocenters. The Labute approximate surface area is 267 Å². The van der Waals surface area contributed by atoms with Crippen molar-refractivity contribution in [2.45, 2.75) is 31.2 Å². The first-order valence-electron chi connectivity index (χ1n) is 14.2. The highest BCUT2D eigenvalue weighted by atomic mass is 32.1. The molecular formula is C34H24F6N4O2S. The first-order chi connectivity index (χ1) is 22.3. The van der Waals surface area contributed by atoms with Crippen molar-refractivity contribution >= 4 is 44.0 Å². The van der Waals surface area contributed by atoms with Gasteiger partial charge in [-0.2, -0.15) is 26.3 Å². The molecule has 0 radical (unpaired) electrons. The minimum atomic E-state index is -5.06. The first kappa shape index (κ1) is 31.8. The van der Waals surface area contributed by atoms with E-state index in [1.54, 1.807) is 65.9 Å². The van der Waals surface area contributed by atoms with E-state index in [0.29, 0.717) is 23.4 Å². The number of para-hydroxylation sites is 1. The zero-order valence-electron chi connectivity index (χ0n) is 24.2. The van der Waals surface area contributed by atoms with E-state index in [0.717, 1.165) is 26.4 Å². The largest absolute Gasteiger partial charge is 0.416 e. The average molecular weight is 667 g/mol. The number of hydrogen-bond acceptors (Lipinski definition) is 4. The summed E-state index contributed by atoms with van der Waals surface area (Å²) in [6.45, 7) is 0. The van der Waals surface area contributed by atoms with Crippen LogP contribution in [0.3, 0.4) is 0 Å². The molecule has 47 heavy (non-hydrogen) atoms. The van der Waals surface area contributed by atoms with Gasteiger partial charge in [-0.1, -0.05) is 65.9 Å². The van der Waals surface area contributed by atoms with Gasteiger partial charge in [0.2, 0.25) is 11.8 Å². The number of halogens is 6. The number of benzene rings is 4. The van der Waals surface area contributed by atoms with Crippen molar-refractivity contribution in [2.75, 3.05) is 5.32 Å². The maximum atomic E-state index is 13.4. The highest BCUT2D eigenvalue weighted by Crippen LogP contribution is 2.36. The first-order valence-corrected chi connectivity index (χ1v) is 15.0. The lowest BCUT2D eigenvalue weighted by Crippen LogP contribution is -2.45. The van der Waals surface area contributed by atoms with Gasteiger partial charge in [-0.25, -0.2) is 4.98 Å². The maximum Gasteiger partial charge on any atom is 0.416 e. The Hall–Kier alpha value is -5.17. The number of aromatic nitrogens is 2. The standard InChI is InChI=1S/C34H24F6N4O2S/c35-33(36,37)23-14-21(15-24(18-23)34(38,39)40)17-30(45)42-26(16-20-6-2-1-3-7-20)31(46)41-25-12-10-22(11-13-25)27-19-44-28-8-4-5-9-29(28)47-32(44)43-27/h1-15,18-19,26H,16-17H2,(H,41,46)(H,42,45)/t26-/m0/s1. The number of nitrogens with zero attached hydrogens (tertiary/aromatic N) is 2. The van der Waals surface area contributed by atoms with Crippen LogP contribution < -0.4 is 10.6 Å². The van der Waals surface area contributed by atoms with Crippen molar-refractivity contribution in [1.29, 1.82) is 0 Å². The molecule has 6 nitrogen and oxygen atoms in total. The fraction of sp³-hybridized carbons (Fsp3) is 0.147. The molecule has 6 rings (SSSR count). The fourth-order valence-corrected chi connectivity index (χ4v) is 6.16.